The van der Waals surface area contributed by atoms with Gasteiger partial charge in [0, 0.05) is 55.1 Å². The summed E-state index contributed by atoms with van der Waals surface area (Å²) in [6.45, 7) is 2.09. The lowest BCUT2D eigenvalue weighted by molar-refractivity contribution is -0.138. The van der Waals surface area contributed by atoms with Crippen LogP contribution in [0.3, 0.4) is 0 Å². The Morgan fingerprint density at radius 3 is 1.23 bits per heavy atom. The van der Waals surface area contributed by atoms with Gasteiger partial charge in [-0.2, -0.15) is 30.1 Å². The first-order valence-electron chi connectivity index (χ1n) is 25.8. The third kappa shape index (κ3) is 17.1. The minimum Gasteiger partial charge on any atom is -0.349 e. The maximum Gasteiger partial charge on any atom is 0.416 e. The highest BCUT2D eigenvalue weighted by molar-refractivity contribution is 8.09. The molecule has 0 spiro atoms. The van der Waals surface area contributed by atoms with Crippen LogP contribution < -0.4 is 29.7 Å². The summed E-state index contributed by atoms with van der Waals surface area (Å²) < 4.78 is 151. The first-order chi connectivity index (χ1) is 37.4. The van der Waals surface area contributed by atoms with E-state index in [1.807, 2.05) is 12.1 Å². The molecule has 0 atom stereocenters. The van der Waals surface area contributed by atoms with E-state index >= 15 is 0 Å². The molecule has 4 amide bonds. The van der Waals surface area contributed by atoms with E-state index in [0.29, 0.717) is 53.6 Å². The van der Waals surface area contributed by atoms with Crippen molar-refractivity contribution < 1.29 is 70.8 Å². The Labute approximate surface area is 461 Å². The van der Waals surface area contributed by atoms with Gasteiger partial charge in [-0.1, -0.05) is 36.4 Å². The number of amides is 4. The number of benzene rings is 4. The number of halogens is 6. The van der Waals surface area contributed by atoms with Crippen LogP contribution in [0, 0.1) is 0 Å². The Morgan fingerprint density at radius 1 is 0.525 bits per heavy atom. The van der Waals surface area contributed by atoms with Crippen LogP contribution in [0.5, 0.6) is 0 Å². The van der Waals surface area contributed by atoms with Crippen molar-refractivity contribution in [2.75, 3.05) is 66.5 Å². The number of rotatable bonds is 17. The zero-order chi connectivity index (χ0) is 58.4. The van der Waals surface area contributed by atoms with Crippen molar-refractivity contribution in [1.82, 2.24) is 31.1 Å². The van der Waals surface area contributed by atoms with Crippen LogP contribution in [0.15, 0.2) is 97.1 Å². The Morgan fingerprint density at radius 2 is 0.887 bits per heavy atom. The third-order valence-corrected chi connectivity index (χ3v) is 18.4. The van der Waals surface area contributed by atoms with Crippen LogP contribution in [0.25, 0.3) is 0 Å². The summed E-state index contributed by atoms with van der Waals surface area (Å²) in [5.74, 6) is -1.61. The van der Waals surface area contributed by atoms with E-state index in [9.17, 15) is 70.8 Å². The molecule has 18 nitrogen and oxygen atoms in total. The van der Waals surface area contributed by atoms with E-state index in [0.717, 1.165) is 112 Å². The predicted molar refractivity (Wildman–Crippen MR) is 288 cm³/mol. The van der Waals surface area contributed by atoms with Crippen LogP contribution >= 0.6 is 0 Å². The van der Waals surface area contributed by atoms with E-state index in [-0.39, 0.29) is 53.8 Å². The first-order valence-corrected chi connectivity index (χ1v) is 31.3. The molecule has 0 unspecified atom stereocenters. The molecule has 4 fully saturated rings. The van der Waals surface area contributed by atoms with E-state index in [2.05, 4.69) is 35.8 Å². The molecule has 2 aliphatic carbocycles. The average molecular weight is 1180 g/mol. The highest BCUT2D eigenvalue weighted by Gasteiger charge is 2.38. The standard InChI is InChI=1S/C27H33F3N4O6S2.C26H31F3N4O4S/c1-41(37,38)34(42(2,39)40)24-12-8-19(9-13-24)18-6-10-23(11-7-18)33-16-22(17-33)32-25(35)15-31-26(36)20-4-3-5-21(14-20)27(28,29)30;1-38(36,37)32-21-9-5-17(6-10-21)18-7-11-23(12-8-18)33-15-22(16-33)31-24(34)14-30-25(35)19-3-2-4-20(13-19)26(27,28)29/h3-5,8-9,12-14,18,22-23H,6-7,10-11,15-17H2,1-2H3,(H,31,36)(H,32,35);2-6,9-10,13,18,22-23,32H,7-8,11-12,14-16H2,1H3,(H,30,35)(H,31,34). The summed E-state index contributed by atoms with van der Waals surface area (Å²) in [4.78, 5) is 53.5. The molecule has 27 heteroatoms. The second-order valence-electron chi connectivity index (χ2n) is 20.8. The SMILES string of the molecule is CS(=O)(=O)N(c1ccc(C2CCC(N3CC(NC(=O)CNC(=O)c4cccc(C(F)(F)F)c4)C3)CC2)cc1)S(C)(=O)=O.CS(=O)(=O)Nc1ccc(C2CCC(N3CC(NC(=O)CNC(=O)c4cccc(C(F)(F)F)c4)C3)CC2)cc1. The minimum atomic E-state index is -4.57. The molecule has 0 bridgehead atoms. The molecular weight excluding hydrogens is 1120 g/mol. The fraction of sp³-hybridized carbons (Fsp3) is 0.472. The van der Waals surface area contributed by atoms with E-state index in [1.165, 1.54) is 29.8 Å². The zero-order valence-corrected chi connectivity index (χ0v) is 46.5. The summed E-state index contributed by atoms with van der Waals surface area (Å²) in [5.41, 5.74) is 0.645. The molecule has 436 valence electrons. The molecule has 0 aromatic heterocycles. The molecule has 4 aromatic carbocycles. The van der Waals surface area contributed by atoms with Crippen LogP contribution in [0.1, 0.15) is 106 Å². The summed E-state index contributed by atoms with van der Waals surface area (Å²) >= 11 is 0. The van der Waals surface area contributed by atoms with Crippen molar-refractivity contribution in [1.29, 1.82) is 0 Å². The van der Waals surface area contributed by atoms with Crippen LogP contribution in [0.4, 0.5) is 37.7 Å². The number of nitrogens with zero attached hydrogens (tertiary/aromatic N) is 3. The van der Waals surface area contributed by atoms with Gasteiger partial charge in [-0.15, -0.1) is 0 Å². The monoisotopic (exact) mass is 1180 g/mol. The van der Waals surface area contributed by atoms with E-state index in [1.54, 1.807) is 24.3 Å². The normalized spacial score (nSPS) is 20.6. The fourth-order valence-corrected chi connectivity index (χ4v) is 14.2. The quantitative estimate of drug-likeness (QED) is 0.0763. The molecule has 80 heavy (non-hydrogen) atoms. The van der Waals surface area contributed by atoms with E-state index < -0.39 is 71.3 Å². The third-order valence-electron chi connectivity index (χ3n) is 14.6. The molecule has 4 aliphatic rings. The van der Waals surface area contributed by atoms with Crippen LogP contribution in [0.2, 0.25) is 0 Å². The molecule has 2 saturated heterocycles. The predicted octanol–water partition coefficient (Wildman–Crippen LogP) is 6.02. The Hall–Kier alpha value is -6.29. The van der Waals surface area contributed by atoms with Gasteiger partial charge in [-0.25, -0.2) is 25.3 Å². The van der Waals surface area contributed by atoms with Gasteiger partial charge in [0.2, 0.25) is 41.9 Å². The molecule has 2 aliphatic heterocycles. The first kappa shape index (κ1) is 61.3. The highest BCUT2D eigenvalue weighted by atomic mass is 32.3. The maximum absolute atomic E-state index is 12.9. The van der Waals surface area contributed by atoms with Crippen molar-refractivity contribution in [2.24, 2.45) is 0 Å². The van der Waals surface area contributed by atoms with Gasteiger partial charge in [0.15, 0.2) is 0 Å². The number of likely N-dealkylation sites (tertiary alicyclic amines) is 2. The van der Waals surface area contributed by atoms with Gasteiger partial charge in [-0.05, 0) is 135 Å². The Kier molecular flexibility index (Phi) is 19.4. The topological polar surface area (TPSA) is 241 Å². The fourth-order valence-electron chi connectivity index (χ4n) is 10.6. The summed E-state index contributed by atoms with van der Waals surface area (Å²) in [6.07, 6.45) is 1.47. The molecule has 5 N–H and O–H groups in total. The lowest BCUT2D eigenvalue weighted by atomic mass is 9.80. The van der Waals surface area contributed by atoms with Crippen molar-refractivity contribution in [3.05, 3.63) is 130 Å². The number of hydrogen-bond acceptors (Lipinski definition) is 12. The molecule has 2 heterocycles. The number of alkyl halides is 6. The highest BCUT2D eigenvalue weighted by Crippen LogP contribution is 2.39. The van der Waals surface area contributed by atoms with Gasteiger partial charge in [0.25, 0.3) is 11.8 Å². The van der Waals surface area contributed by atoms with Gasteiger partial charge < -0.3 is 21.3 Å². The summed E-state index contributed by atoms with van der Waals surface area (Å²) in [6, 6.07) is 22.8. The maximum atomic E-state index is 12.9. The van der Waals surface area contributed by atoms with Gasteiger partial charge in [0.05, 0.1) is 60.8 Å². The van der Waals surface area contributed by atoms with Crippen LogP contribution in [-0.4, -0.2) is 141 Å². The Bertz CT molecular complexity index is 3170. The number of sulfonamides is 3. The van der Waals surface area contributed by atoms with Crippen molar-refractivity contribution in [2.45, 2.75) is 99.7 Å². The van der Waals surface area contributed by atoms with E-state index in [4.69, 9.17) is 0 Å². The second kappa shape index (κ2) is 25.2. The van der Waals surface area contributed by atoms with Crippen LogP contribution in [-0.2, 0) is 52.0 Å². The second-order valence-corrected chi connectivity index (χ2v) is 26.4. The van der Waals surface area contributed by atoms with Crippen molar-refractivity contribution in [3.63, 3.8) is 0 Å². The van der Waals surface area contributed by atoms with Gasteiger partial charge in [0.1, 0.15) is 0 Å². The van der Waals surface area contributed by atoms with Crippen molar-refractivity contribution >= 4 is 65.1 Å². The minimum absolute atomic E-state index is 0.0272. The molecule has 2 saturated carbocycles. The molecule has 8 rings (SSSR count). The largest absolute Gasteiger partial charge is 0.416 e. The number of carbonyl (C=O) groups excluding carboxylic acids is 4. The van der Waals surface area contributed by atoms with Gasteiger partial charge >= 0.3 is 12.4 Å². The number of anilines is 2. The zero-order valence-electron chi connectivity index (χ0n) is 44.0. The summed E-state index contributed by atoms with van der Waals surface area (Å²) in [7, 11) is -11.3. The molecule has 0 radical (unpaired) electrons. The number of nitrogens with one attached hydrogen (secondary N) is 5. The lowest BCUT2D eigenvalue weighted by Gasteiger charge is -2.46. The molecular formula is C53H64F6N8O10S3. The lowest BCUT2D eigenvalue weighted by Crippen LogP contribution is -2.63. The molecule has 4 aromatic rings. The smallest absolute Gasteiger partial charge is 0.349 e. The number of carbonyl (C=O) groups is 4. The van der Waals surface area contributed by atoms with Crippen molar-refractivity contribution in [3.8, 4) is 0 Å². The van der Waals surface area contributed by atoms with Gasteiger partial charge in [-0.3, -0.25) is 33.7 Å². The number of hydrogen-bond donors (Lipinski definition) is 5. The Balaban J connectivity index is 0.000000232. The summed E-state index contributed by atoms with van der Waals surface area (Å²) in [5, 5.41) is 10.4. The average Bonchev–Trinajstić information content (AvgIpc) is 3.40.